The van der Waals surface area contributed by atoms with Gasteiger partial charge in [0.15, 0.2) is 11.0 Å². The molecule has 0 saturated heterocycles. The Balaban J connectivity index is 1.62. The number of rotatable bonds is 10. The molecule has 1 aromatic carbocycles. The van der Waals surface area contributed by atoms with Crippen LogP contribution in [0.4, 0.5) is 5.82 Å². The average Bonchev–Trinajstić information content (AvgIpc) is 3.17. The number of benzene rings is 1. The van der Waals surface area contributed by atoms with Gasteiger partial charge in [-0.1, -0.05) is 36.7 Å². The maximum absolute atomic E-state index is 12.2. The molecule has 1 N–H and O–H groups in total. The lowest BCUT2D eigenvalue weighted by molar-refractivity contribution is -0.113. The Morgan fingerprint density at radius 3 is 2.63 bits per heavy atom. The molecule has 2 heterocycles. The largest absolute Gasteiger partial charge is 0.494 e. The molecule has 9 heteroatoms. The van der Waals surface area contributed by atoms with E-state index in [-0.39, 0.29) is 11.7 Å². The third-order valence-corrected chi connectivity index (χ3v) is 5.43. The Hall–Kier alpha value is -2.58. The third-order valence-electron chi connectivity index (χ3n) is 4.24. The standard InChI is InChI=1S/C21H24ClN5O2S/c1-3-5-12-29-17-9-6-15(7-10-17)20-25-26-21(27(20)4-2)30-14-19(28)24-18-11-8-16(22)13-23-18/h6-11,13H,3-5,12,14H2,1-2H3,(H,23,24,28). The van der Waals surface area contributed by atoms with Crippen molar-refractivity contribution in [2.45, 2.75) is 38.4 Å². The number of nitrogens with one attached hydrogen (secondary N) is 1. The molecule has 2 aromatic heterocycles. The van der Waals surface area contributed by atoms with E-state index in [1.807, 2.05) is 35.8 Å². The normalized spacial score (nSPS) is 10.8. The van der Waals surface area contributed by atoms with E-state index >= 15 is 0 Å². The number of unbranched alkanes of at least 4 members (excludes halogenated alkanes) is 1. The summed E-state index contributed by atoms with van der Waals surface area (Å²) < 4.78 is 7.71. The second kappa shape index (κ2) is 11.0. The van der Waals surface area contributed by atoms with Crippen LogP contribution in [-0.4, -0.2) is 38.0 Å². The first-order chi connectivity index (χ1) is 14.6. The molecule has 3 aromatic rings. The van der Waals surface area contributed by atoms with Crippen LogP contribution in [0.1, 0.15) is 26.7 Å². The zero-order valence-corrected chi connectivity index (χ0v) is 18.5. The van der Waals surface area contributed by atoms with Crippen molar-refractivity contribution < 1.29 is 9.53 Å². The van der Waals surface area contributed by atoms with Gasteiger partial charge in [0.25, 0.3) is 0 Å². The maximum atomic E-state index is 12.2. The SMILES string of the molecule is CCCCOc1ccc(-c2nnc(SCC(=O)Nc3ccc(Cl)cn3)n2CC)cc1. The van der Waals surface area contributed by atoms with Crippen LogP contribution in [0, 0.1) is 0 Å². The van der Waals surface area contributed by atoms with Gasteiger partial charge >= 0.3 is 0 Å². The van der Waals surface area contributed by atoms with Crippen molar-refractivity contribution >= 4 is 35.1 Å². The molecule has 0 atom stereocenters. The van der Waals surface area contributed by atoms with Crippen molar-refractivity contribution in [3.8, 4) is 17.1 Å². The lowest BCUT2D eigenvalue weighted by Gasteiger charge is -2.09. The van der Waals surface area contributed by atoms with Gasteiger partial charge in [0, 0.05) is 18.3 Å². The van der Waals surface area contributed by atoms with Crippen molar-refractivity contribution in [3.63, 3.8) is 0 Å². The lowest BCUT2D eigenvalue weighted by Crippen LogP contribution is -2.15. The fourth-order valence-corrected chi connectivity index (χ4v) is 3.60. The van der Waals surface area contributed by atoms with Gasteiger partial charge in [-0.25, -0.2) is 4.98 Å². The van der Waals surface area contributed by atoms with Crippen LogP contribution in [0.25, 0.3) is 11.4 Å². The number of hydrogen-bond donors (Lipinski definition) is 1. The topological polar surface area (TPSA) is 81.9 Å². The highest BCUT2D eigenvalue weighted by molar-refractivity contribution is 7.99. The van der Waals surface area contributed by atoms with Crippen LogP contribution in [0.15, 0.2) is 47.8 Å². The second-order valence-corrected chi connectivity index (χ2v) is 7.85. The van der Waals surface area contributed by atoms with Crippen molar-refractivity contribution in [2.75, 3.05) is 17.7 Å². The summed E-state index contributed by atoms with van der Waals surface area (Å²) in [6.07, 6.45) is 3.63. The summed E-state index contributed by atoms with van der Waals surface area (Å²) in [5.41, 5.74) is 0.953. The molecule has 30 heavy (non-hydrogen) atoms. The zero-order chi connectivity index (χ0) is 21.3. The van der Waals surface area contributed by atoms with Gasteiger partial charge in [-0.05, 0) is 49.7 Å². The van der Waals surface area contributed by atoms with E-state index in [0.717, 1.165) is 36.6 Å². The van der Waals surface area contributed by atoms with E-state index in [2.05, 4.69) is 27.4 Å². The molecule has 1 amide bonds. The van der Waals surface area contributed by atoms with Crippen LogP contribution < -0.4 is 10.1 Å². The van der Waals surface area contributed by atoms with Gasteiger partial charge in [0.05, 0.1) is 17.4 Å². The van der Waals surface area contributed by atoms with E-state index in [4.69, 9.17) is 16.3 Å². The Morgan fingerprint density at radius 2 is 1.97 bits per heavy atom. The molecular formula is C21H24ClN5O2S. The average molecular weight is 446 g/mol. The fourth-order valence-electron chi connectivity index (χ4n) is 2.69. The highest BCUT2D eigenvalue weighted by Gasteiger charge is 2.15. The zero-order valence-electron chi connectivity index (χ0n) is 17.0. The first-order valence-corrected chi connectivity index (χ1v) is 11.2. The smallest absolute Gasteiger partial charge is 0.236 e. The number of nitrogens with zero attached hydrogens (tertiary/aromatic N) is 4. The summed E-state index contributed by atoms with van der Waals surface area (Å²) in [5, 5.41) is 12.5. The van der Waals surface area contributed by atoms with Gasteiger partial charge in [-0.3, -0.25) is 4.79 Å². The monoisotopic (exact) mass is 445 g/mol. The van der Waals surface area contributed by atoms with Crippen LogP contribution in [-0.2, 0) is 11.3 Å². The molecule has 7 nitrogen and oxygen atoms in total. The minimum atomic E-state index is -0.171. The molecule has 0 fully saturated rings. The van der Waals surface area contributed by atoms with Gasteiger partial charge in [-0.2, -0.15) is 0 Å². The van der Waals surface area contributed by atoms with Crippen molar-refractivity contribution in [1.29, 1.82) is 0 Å². The fraction of sp³-hybridized carbons (Fsp3) is 0.333. The summed E-state index contributed by atoms with van der Waals surface area (Å²) in [6, 6.07) is 11.2. The van der Waals surface area contributed by atoms with Crippen molar-refractivity contribution in [3.05, 3.63) is 47.6 Å². The number of hydrogen-bond acceptors (Lipinski definition) is 6. The summed E-state index contributed by atoms with van der Waals surface area (Å²) in [6.45, 7) is 5.57. The Labute approximate surface area is 185 Å². The minimum Gasteiger partial charge on any atom is -0.494 e. The molecule has 0 aliphatic carbocycles. The Morgan fingerprint density at radius 1 is 1.17 bits per heavy atom. The van der Waals surface area contributed by atoms with Crippen molar-refractivity contribution in [2.24, 2.45) is 0 Å². The number of ether oxygens (including phenoxy) is 1. The predicted octanol–water partition coefficient (Wildman–Crippen LogP) is 4.92. The van der Waals surface area contributed by atoms with Crippen molar-refractivity contribution in [1.82, 2.24) is 19.7 Å². The Bertz CT molecular complexity index is 961. The summed E-state index contributed by atoms with van der Waals surface area (Å²) in [7, 11) is 0. The number of thioether (sulfide) groups is 1. The molecular weight excluding hydrogens is 422 g/mol. The molecule has 0 saturated carbocycles. The number of amides is 1. The number of halogens is 1. The molecule has 0 aliphatic rings. The van der Waals surface area contributed by atoms with E-state index in [0.29, 0.717) is 22.5 Å². The molecule has 0 bridgehead atoms. The van der Waals surface area contributed by atoms with E-state index in [1.165, 1.54) is 18.0 Å². The summed E-state index contributed by atoms with van der Waals surface area (Å²) in [4.78, 5) is 16.3. The van der Waals surface area contributed by atoms with E-state index < -0.39 is 0 Å². The van der Waals surface area contributed by atoms with Gasteiger partial charge in [-0.15, -0.1) is 10.2 Å². The summed E-state index contributed by atoms with van der Waals surface area (Å²) in [5.74, 6) is 2.10. The van der Waals surface area contributed by atoms with Crippen LogP contribution in [0.3, 0.4) is 0 Å². The minimum absolute atomic E-state index is 0.171. The maximum Gasteiger partial charge on any atom is 0.236 e. The molecule has 0 unspecified atom stereocenters. The van der Waals surface area contributed by atoms with Gasteiger partial charge in [0.2, 0.25) is 5.91 Å². The Kier molecular flexibility index (Phi) is 8.10. The summed E-state index contributed by atoms with van der Waals surface area (Å²) >= 11 is 7.14. The van der Waals surface area contributed by atoms with E-state index in [1.54, 1.807) is 12.1 Å². The first kappa shape index (κ1) is 22.1. The number of aromatic nitrogens is 4. The van der Waals surface area contributed by atoms with Gasteiger partial charge in [0.1, 0.15) is 11.6 Å². The van der Waals surface area contributed by atoms with Gasteiger partial charge < -0.3 is 14.6 Å². The molecule has 158 valence electrons. The number of carbonyl (C=O) groups excluding carboxylic acids is 1. The van der Waals surface area contributed by atoms with E-state index in [9.17, 15) is 4.79 Å². The van der Waals surface area contributed by atoms with Crippen LogP contribution >= 0.6 is 23.4 Å². The number of pyridine rings is 1. The molecule has 0 radical (unpaired) electrons. The predicted molar refractivity (Wildman–Crippen MR) is 120 cm³/mol. The lowest BCUT2D eigenvalue weighted by atomic mass is 10.2. The molecule has 3 rings (SSSR count). The highest BCUT2D eigenvalue weighted by Crippen LogP contribution is 2.26. The first-order valence-electron chi connectivity index (χ1n) is 9.81. The quantitative estimate of drug-likeness (QED) is 0.352. The second-order valence-electron chi connectivity index (χ2n) is 6.48. The third kappa shape index (κ3) is 5.96. The number of carbonyl (C=O) groups is 1. The molecule has 0 aliphatic heterocycles. The number of anilines is 1. The highest BCUT2D eigenvalue weighted by atomic mass is 35.5. The van der Waals surface area contributed by atoms with Crippen LogP contribution in [0.2, 0.25) is 5.02 Å². The van der Waals surface area contributed by atoms with Crippen LogP contribution in [0.5, 0.6) is 5.75 Å². The molecule has 0 spiro atoms.